The van der Waals surface area contributed by atoms with E-state index >= 15 is 0 Å². The average molecular weight is 425 g/mol. The smallest absolute Gasteiger partial charge is 0.251 e. The zero-order valence-electron chi connectivity index (χ0n) is 18.9. The Morgan fingerprint density at radius 2 is 2.06 bits per heavy atom. The van der Waals surface area contributed by atoms with Gasteiger partial charge in [0.15, 0.2) is 0 Å². The Balaban J connectivity index is 2.29. The van der Waals surface area contributed by atoms with Crippen molar-refractivity contribution < 1.29 is 14.3 Å². The molecule has 1 atom stereocenters. The van der Waals surface area contributed by atoms with E-state index in [0.717, 1.165) is 41.5 Å². The fourth-order valence-electron chi connectivity index (χ4n) is 3.35. The molecule has 0 heterocycles. The van der Waals surface area contributed by atoms with E-state index in [-0.39, 0.29) is 18.5 Å². The number of hydrogen-bond donors (Lipinski definition) is 2. The van der Waals surface area contributed by atoms with Crippen molar-refractivity contribution in [1.29, 1.82) is 0 Å². The molecule has 1 aliphatic carbocycles. The van der Waals surface area contributed by atoms with Crippen LogP contribution in [0, 0.1) is 0 Å². The minimum atomic E-state index is -0.259. The van der Waals surface area contributed by atoms with E-state index in [1.165, 1.54) is 6.20 Å². The molecule has 166 valence electrons. The van der Waals surface area contributed by atoms with Crippen molar-refractivity contribution in [3.8, 4) is 5.75 Å². The van der Waals surface area contributed by atoms with Crippen molar-refractivity contribution in [1.82, 2.24) is 10.2 Å². The molecule has 0 radical (unpaired) electrons. The molecule has 1 aliphatic rings. The molecule has 0 aromatic heterocycles. The molecule has 1 aromatic carbocycles. The first-order valence-electron chi connectivity index (χ1n) is 10.2. The molecule has 2 rings (SSSR count). The Labute approximate surface area is 184 Å². The maximum absolute atomic E-state index is 13.0. The van der Waals surface area contributed by atoms with Gasteiger partial charge in [-0.2, -0.15) is 0 Å². The number of nitrogens with two attached hydrogens (primary N) is 1. The number of allylic oxidation sites excluding steroid dienone is 3. The van der Waals surface area contributed by atoms with Crippen LogP contribution in [0.25, 0.3) is 5.57 Å². The minimum absolute atomic E-state index is 0.0670. The molecule has 1 unspecified atom stereocenters. The van der Waals surface area contributed by atoms with Crippen molar-refractivity contribution in [2.24, 2.45) is 10.7 Å². The zero-order valence-corrected chi connectivity index (χ0v) is 18.9. The number of benzene rings is 1. The summed E-state index contributed by atoms with van der Waals surface area (Å²) in [4.78, 5) is 29.6. The molecule has 3 N–H and O–H groups in total. The summed E-state index contributed by atoms with van der Waals surface area (Å²) in [5.41, 5.74) is 11.0. The summed E-state index contributed by atoms with van der Waals surface area (Å²) in [6.07, 6.45) is 7.48. The number of aliphatic imine (C=N–C) groups is 1. The Bertz CT molecular complexity index is 942. The number of hydrogen-bond acceptors (Lipinski definition) is 6. The van der Waals surface area contributed by atoms with E-state index in [1.54, 1.807) is 13.3 Å². The predicted octanol–water partition coefficient (Wildman–Crippen LogP) is 3.00. The van der Waals surface area contributed by atoms with Crippen molar-refractivity contribution in [2.75, 3.05) is 27.7 Å². The van der Waals surface area contributed by atoms with Crippen LogP contribution in [-0.4, -0.2) is 51.1 Å². The topological polar surface area (TPSA) is 97.0 Å². The molecule has 7 nitrogen and oxygen atoms in total. The first-order chi connectivity index (χ1) is 14.8. The highest BCUT2D eigenvalue weighted by Gasteiger charge is 2.20. The van der Waals surface area contributed by atoms with Gasteiger partial charge in [0.2, 0.25) is 0 Å². The summed E-state index contributed by atoms with van der Waals surface area (Å²) in [5.74, 6) is 0.537. The molecule has 31 heavy (non-hydrogen) atoms. The highest BCUT2D eigenvalue weighted by atomic mass is 16.5. The molecular formula is C24H32N4O3. The van der Waals surface area contributed by atoms with Crippen LogP contribution >= 0.6 is 0 Å². The Morgan fingerprint density at radius 3 is 2.68 bits per heavy atom. The van der Waals surface area contributed by atoms with Crippen LogP contribution in [0.4, 0.5) is 0 Å². The van der Waals surface area contributed by atoms with Crippen molar-refractivity contribution in [3.63, 3.8) is 0 Å². The van der Waals surface area contributed by atoms with Crippen LogP contribution in [0.3, 0.4) is 0 Å². The van der Waals surface area contributed by atoms with Gasteiger partial charge >= 0.3 is 0 Å². The lowest BCUT2D eigenvalue weighted by molar-refractivity contribution is -0.117. The molecule has 0 aliphatic heterocycles. The molecule has 0 bridgehead atoms. The van der Waals surface area contributed by atoms with Crippen LogP contribution in [0.2, 0.25) is 0 Å². The maximum atomic E-state index is 13.0. The van der Waals surface area contributed by atoms with Gasteiger partial charge in [-0.3, -0.25) is 9.79 Å². The molecule has 7 heteroatoms. The predicted molar refractivity (Wildman–Crippen MR) is 125 cm³/mol. The van der Waals surface area contributed by atoms with E-state index in [1.807, 2.05) is 57.1 Å². The van der Waals surface area contributed by atoms with Gasteiger partial charge in [0.1, 0.15) is 12.0 Å². The standard InChI is InChI=1S/C24H32N4O3/c1-16-6-7-21(28(3)4)13-23(16)24(30)27-17(2)18-10-19(12-22(11-18)31-5)20(14-25)15-26-8-9-29/h9-15,17H,6-8,25H2,1-5H3,(H,27,30)/b20-14+,26-15?. The van der Waals surface area contributed by atoms with Crippen LogP contribution in [-0.2, 0) is 9.59 Å². The van der Waals surface area contributed by atoms with Crippen LogP contribution in [0.1, 0.15) is 43.9 Å². The van der Waals surface area contributed by atoms with Crippen LogP contribution in [0.5, 0.6) is 5.75 Å². The highest BCUT2D eigenvalue weighted by molar-refractivity contribution is 6.10. The van der Waals surface area contributed by atoms with Gasteiger partial charge in [-0.25, -0.2) is 0 Å². The van der Waals surface area contributed by atoms with Crippen molar-refractivity contribution >= 4 is 24.0 Å². The average Bonchev–Trinajstić information content (AvgIpc) is 2.76. The fraction of sp³-hybridized carbons (Fsp3) is 0.375. The lowest BCUT2D eigenvalue weighted by atomic mass is 9.95. The van der Waals surface area contributed by atoms with E-state index in [2.05, 4.69) is 10.3 Å². The van der Waals surface area contributed by atoms with Gasteiger partial charge in [0.25, 0.3) is 5.91 Å². The van der Waals surface area contributed by atoms with Crippen molar-refractivity contribution in [2.45, 2.75) is 32.7 Å². The zero-order chi connectivity index (χ0) is 23.0. The highest BCUT2D eigenvalue weighted by Crippen LogP contribution is 2.28. The Morgan fingerprint density at radius 1 is 1.32 bits per heavy atom. The second kappa shape index (κ2) is 11.2. The molecule has 1 amide bonds. The molecule has 0 saturated heterocycles. The summed E-state index contributed by atoms with van der Waals surface area (Å²) in [6, 6.07) is 5.39. The largest absolute Gasteiger partial charge is 0.497 e. The van der Waals surface area contributed by atoms with Gasteiger partial charge in [-0.1, -0.05) is 5.57 Å². The van der Waals surface area contributed by atoms with E-state index in [4.69, 9.17) is 10.5 Å². The summed E-state index contributed by atoms with van der Waals surface area (Å²) >= 11 is 0. The minimum Gasteiger partial charge on any atom is -0.497 e. The Kier molecular flexibility index (Phi) is 8.61. The van der Waals surface area contributed by atoms with Gasteiger partial charge in [-0.15, -0.1) is 0 Å². The lowest BCUT2D eigenvalue weighted by Crippen LogP contribution is -2.29. The van der Waals surface area contributed by atoms with Crippen molar-refractivity contribution in [3.05, 3.63) is 58.4 Å². The van der Waals surface area contributed by atoms with Gasteiger partial charge in [0, 0.05) is 43.4 Å². The molecular weight excluding hydrogens is 392 g/mol. The number of carbonyl (C=O) groups excluding carboxylic acids is 2. The number of carbonyl (C=O) groups is 2. The normalized spacial score (nSPS) is 15.5. The van der Waals surface area contributed by atoms with E-state index in [0.29, 0.717) is 16.9 Å². The number of nitrogens with one attached hydrogen (secondary N) is 1. The third-order valence-corrected chi connectivity index (χ3v) is 5.28. The molecule has 0 spiro atoms. The number of rotatable bonds is 9. The van der Waals surface area contributed by atoms with Gasteiger partial charge in [0.05, 0.1) is 19.7 Å². The number of methoxy groups -OCH3 is 1. The first kappa shape index (κ1) is 23.9. The number of nitrogens with zero attached hydrogens (tertiary/aromatic N) is 2. The first-order valence-corrected chi connectivity index (χ1v) is 10.2. The third kappa shape index (κ3) is 6.31. The summed E-state index contributed by atoms with van der Waals surface area (Å²) < 4.78 is 5.44. The molecule has 0 saturated carbocycles. The third-order valence-electron chi connectivity index (χ3n) is 5.28. The lowest BCUT2D eigenvalue weighted by Gasteiger charge is -2.24. The van der Waals surface area contributed by atoms with Crippen LogP contribution in [0.15, 0.2) is 52.3 Å². The molecule has 0 fully saturated rings. The second-order valence-corrected chi connectivity index (χ2v) is 7.70. The fourth-order valence-corrected chi connectivity index (χ4v) is 3.35. The monoisotopic (exact) mass is 424 g/mol. The SMILES string of the molecule is COc1cc(/C(C=NCC=O)=C/N)cc(C(C)NC(=O)C2=C(C)CCC(N(C)C)=C2)c1. The number of ether oxygens (including phenoxy) is 1. The summed E-state index contributed by atoms with van der Waals surface area (Å²) in [7, 11) is 5.56. The van der Waals surface area contributed by atoms with E-state index in [9.17, 15) is 9.59 Å². The maximum Gasteiger partial charge on any atom is 0.251 e. The second-order valence-electron chi connectivity index (χ2n) is 7.70. The quantitative estimate of drug-likeness (QED) is 0.469. The molecule has 1 aromatic rings. The Hall–Kier alpha value is -3.35. The van der Waals surface area contributed by atoms with Gasteiger partial charge < -0.3 is 25.5 Å². The van der Waals surface area contributed by atoms with Gasteiger partial charge in [-0.05, 0) is 62.1 Å². The summed E-state index contributed by atoms with van der Waals surface area (Å²) in [6.45, 7) is 4.00. The van der Waals surface area contributed by atoms with E-state index < -0.39 is 0 Å². The van der Waals surface area contributed by atoms with Crippen LogP contribution < -0.4 is 15.8 Å². The summed E-state index contributed by atoms with van der Waals surface area (Å²) in [5, 5.41) is 3.10. The number of amides is 1. The number of aldehydes is 1.